The van der Waals surface area contributed by atoms with Crippen LogP contribution in [0.15, 0.2) is 100 Å². The Hall–Kier alpha value is -4.05. The molecule has 2 N–H and O–H groups in total. The van der Waals surface area contributed by atoms with Crippen LogP contribution in [-0.4, -0.2) is 5.11 Å². The standard InChI is InChI=1S/C26H19NO3/c28-22-11-12-23-25(14-22)30-16-24(26(23)29)19-7-9-21(10-8-19)27-15-17-5-6-18-3-1-2-4-20(18)13-17/h1-14,16,27-28H,15H2. The van der Waals surface area contributed by atoms with Crippen molar-refractivity contribution in [3.63, 3.8) is 0 Å². The molecular formula is C26H19NO3. The second kappa shape index (κ2) is 7.41. The predicted octanol–water partition coefficient (Wildman–Crippen LogP) is 5.93. The number of hydrogen-bond donors (Lipinski definition) is 2. The van der Waals surface area contributed by atoms with Crippen molar-refractivity contribution in [3.8, 4) is 16.9 Å². The van der Waals surface area contributed by atoms with E-state index in [4.69, 9.17) is 4.42 Å². The third-order valence-electron chi connectivity index (χ3n) is 5.26. The lowest BCUT2D eigenvalue weighted by Crippen LogP contribution is -2.05. The van der Waals surface area contributed by atoms with Gasteiger partial charge in [0.2, 0.25) is 0 Å². The van der Waals surface area contributed by atoms with Crippen LogP contribution in [0.4, 0.5) is 5.69 Å². The molecule has 1 heterocycles. The molecule has 4 heteroatoms. The highest BCUT2D eigenvalue weighted by molar-refractivity contribution is 5.84. The monoisotopic (exact) mass is 393 g/mol. The molecule has 146 valence electrons. The lowest BCUT2D eigenvalue weighted by atomic mass is 10.0. The van der Waals surface area contributed by atoms with Crippen molar-refractivity contribution in [2.24, 2.45) is 0 Å². The van der Waals surface area contributed by atoms with Crippen molar-refractivity contribution >= 4 is 27.4 Å². The number of phenolic OH excluding ortho intramolecular Hbond substituents is 1. The number of hydrogen-bond acceptors (Lipinski definition) is 4. The van der Waals surface area contributed by atoms with E-state index in [1.807, 2.05) is 36.4 Å². The van der Waals surface area contributed by atoms with Gasteiger partial charge in [-0.2, -0.15) is 0 Å². The summed E-state index contributed by atoms with van der Waals surface area (Å²) in [7, 11) is 0. The van der Waals surface area contributed by atoms with E-state index in [1.54, 1.807) is 6.07 Å². The number of anilines is 1. The molecule has 0 unspecified atom stereocenters. The summed E-state index contributed by atoms with van der Waals surface area (Å²) in [6.07, 6.45) is 1.45. The zero-order valence-corrected chi connectivity index (χ0v) is 16.1. The van der Waals surface area contributed by atoms with Crippen molar-refractivity contribution in [2.45, 2.75) is 6.54 Å². The van der Waals surface area contributed by atoms with E-state index in [9.17, 15) is 9.90 Å². The van der Waals surface area contributed by atoms with Gasteiger partial charge in [-0.1, -0.05) is 48.5 Å². The first-order chi connectivity index (χ1) is 14.7. The van der Waals surface area contributed by atoms with E-state index >= 15 is 0 Å². The Kier molecular flexibility index (Phi) is 4.45. The Morgan fingerprint density at radius 3 is 2.47 bits per heavy atom. The van der Waals surface area contributed by atoms with Crippen LogP contribution >= 0.6 is 0 Å². The average Bonchev–Trinajstić information content (AvgIpc) is 2.78. The summed E-state index contributed by atoms with van der Waals surface area (Å²) in [4.78, 5) is 12.8. The molecule has 4 nitrogen and oxygen atoms in total. The zero-order valence-electron chi connectivity index (χ0n) is 16.1. The molecule has 0 atom stereocenters. The molecular weight excluding hydrogens is 374 g/mol. The molecule has 5 aromatic rings. The zero-order chi connectivity index (χ0) is 20.5. The van der Waals surface area contributed by atoms with Crippen LogP contribution in [0.1, 0.15) is 5.56 Å². The van der Waals surface area contributed by atoms with E-state index in [0.29, 0.717) is 23.1 Å². The number of rotatable bonds is 4. The largest absolute Gasteiger partial charge is 0.508 e. The SMILES string of the molecule is O=c1c(-c2ccc(NCc3ccc4ccccc4c3)cc2)coc2cc(O)ccc12. The second-order valence-corrected chi connectivity index (χ2v) is 7.27. The van der Waals surface area contributed by atoms with Gasteiger partial charge >= 0.3 is 0 Å². The van der Waals surface area contributed by atoms with Gasteiger partial charge in [0.25, 0.3) is 0 Å². The Balaban J connectivity index is 1.36. The van der Waals surface area contributed by atoms with Gasteiger partial charge in [0.05, 0.1) is 10.9 Å². The Morgan fingerprint density at radius 2 is 1.63 bits per heavy atom. The maximum Gasteiger partial charge on any atom is 0.200 e. The molecule has 0 radical (unpaired) electrons. The first-order valence-corrected chi connectivity index (χ1v) is 9.74. The quantitative estimate of drug-likeness (QED) is 0.397. The van der Waals surface area contributed by atoms with Crippen LogP contribution in [0.3, 0.4) is 0 Å². The smallest absolute Gasteiger partial charge is 0.200 e. The van der Waals surface area contributed by atoms with Crippen molar-refractivity contribution < 1.29 is 9.52 Å². The summed E-state index contributed by atoms with van der Waals surface area (Å²) in [5, 5.41) is 15.9. The Bertz CT molecular complexity index is 1420. The molecule has 0 amide bonds. The number of phenols is 1. The van der Waals surface area contributed by atoms with Crippen molar-refractivity contribution in [3.05, 3.63) is 107 Å². The van der Waals surface area contributed by atoms with Crippen LogP contribution in [-0.2, 0) is 6.54 Å². The summed E-state index contributed by atoms with van der Waals surface area (Å²) < 4.78 is 5.55. The van der Waals surface area contributed by atoms with Crippen LogP contribution < -0.4 is 10.7 Å². The van der Waals surface area contributed by atoms with Crippen molar-refractivity contribution in [1.29, 1.82) is 0 Å². The maximum atomic E-state index is 12.8. The fourth-order valence-corrected chi connectivity index (χ4v) is 3.64. The minimum atomic E-state index is -0.117. The third kappa shape index (κ3) is 3.40. The lowest BCUT2D eigenvalue weighted by molar-refractivity contribution is 0.474. The molecule has 0 aliphatic carbocycles. The molecule has 4 aromatic carbocycles. The third-order valence-corrected chi connectivity index (χ3v) is 5.26. The highest BCUT2D eigenvalue weighted by Gasteiger charge is 2.09. The molecule has 0 spiro atoms. The molecule has 0 saturated carbocycles. The minimum Gasteiger partial charge on any atom is -0.508 e. The average molecular weight is 393 g/mol. The van der Waals surface area contributed by atoms with Gasteiger partial charge in [-0.15, -0.1) is 0 Å². The second-order valence-electron chi connectivity index (χ2n) is 7.27. The maximum absolute atomic E-state index is 12.8. The van der Waals surface area contributed by atoms with Crippen molar-refractivity contribution in [1.82, 2.24) is 0 Å². The topological polar surface area (TPSA) is 62.5 Å². The molecule has 5 rings (SSSR count). The van der Waals surface area contributed by atoms with E-state index in [2.05, 4.69) is 35.6 Å². The van der Waals surface area contributed by atoms with Crippen LogP contribution in [0, 0.1) is 0 Å². The number of nitrogens with one attached hydrogen (secondary N) is 1. The molecule has 0 aliphatic rings. The predicted molar refractivity (Wildman–Crippen MR) is 121 cm³/mol. The molecule has 0 fully saturated rings. The van der Waals surface area contributed by atoms with Crippen LogP contribution in [0.25, 0.3) is 32.9 Å². The van der Waals surface area contributed by atoms with Gasteiger partial charge in [0.15, 0.2) is 5.43 Å². The molecule has 1 aromatic heterocycles. The summed E-state index contributed by atoms with van der Waals surface area (Å²) in [5.74, 6) is 0.0697. The fraction of sp³-hybridized carbons (Fsp3) is 0.0385. The van der Waals surface area contributed by atoms with Gasteiger partial charge in [-0.05, 0) is 52.2 Å². The summed E-state index contributed by atoms with van der Waals surface area (Å²) in [6.45, 7) is 0.714. The number of benzene rings is 4. The van der Waals surface area contributed by atoms with Gasteiger partial charge in [0.1, 0.15) is 17.6 Å². The normalized spacial score (nSPS) is 11.1. The first kappa shape index (κ1) is 18.0. The van der Waals surface area contributed by atoms with Crippen molar-refractivity contribution in [2.75, 3.05) is 5.32 Å². The van der Waals surface area contributed by atoms with Crippen LogP contribution in [0.2, 0.25) is 0 Å². The Labute approximate surface area is 173 Å². The summed E-state index contributed by atoms with van der Waals surface area (Å²) in [6, 6.07) is 27.0. The van der Waals surface area contributed by atoms with Crippen LogP contribution in [0.5, 0.6) is 5.75 Å². The molecule has 0 bridgehead atoms. The number of aromatic hydroxyl groups is 1. The fourth-order valence-electron chi connectivity index (χ4n) is 3.64. The highest BCUT2D eigenvalue weighted by atomic mass is 16.3. The van der Waals surface area contributed by atoms with Gasteiger partial charge in [-0.3, -0.25) is 4.79 Å². The van der Waals surface area contributed by atoms with E-state index in [1.165, 1.54) is 34.7 Å². The van der Waals surface area contributed by atoms with Gasteiger partial charge < -0.3 is 14.8 Å². The molecule has 0 aliphatic heterocycles. The lowest BCUT2D eigenvalue weighted by Gasteiger charge is -2.09. The highest BCUT2D eigenvalue weighted by Crippen LogP contribution is 2.24. The Morgan fingerprint density at radius 1 is 0.833 bits per heavy atom. The minimum absolute atomic E-state index is 0.0697. The van der Waals surface area contributed by atoms with Gasteiger partial charge in [-0.25, -0.2) is 0 Å². The molecule has 0 saturated heterocycles. The summed E-state index contributed by atoms with van der Waals surface area (Å²) in [5.41, 5.74) is 3.72. The molecule has 30 heavy (non-hydrogen) atoms. The summed E-state index contributed by atoms with van der Waals surface area (Å²) >= 11 is 0. The number of fused-ring (bicyclic) bond motifs is 2. The van der Waals surface area contributed by atoms with Gasteiger partial charge in [0, 0.05) is 18.3 Å². The van der Waals surface area contributed by atoms with E-state index in [0.717, 1.165) is 11.3 Å². The first-order valence-electron chi connectivity index (χ1n) is 9.74. The van der Waals surface area contributed by atoms with E-state index < -0.39 is 0 Å². The van der Waals surface area contributed by atoms with E-state index in [-0.39, 0.29) is 11.2 Å².